The van der Waals surface area contributed by atoms with Gasteiger partial charge in [0.25, 0.3) is 0 Å². The van der Waals surface area contributed by atoms with E-state index in [4.69, 9.17) is 4.52 Å². The highest BCUT2D eigenvalue weighted by Gasteiger charge is 2.31. The van der Waals surface area contributed by atoms with E-state index in [1.165, 1.54) is 18.4 Å². The fourth-order valence-corrected chi connectivity index (χ4v) is 3.48. The van der Waals surface area contributed by atoms with Gasteiger partial charge in [-0.2, -0.15) is 0 Å². The number of piperidine rings is 1. The maximum absolute atomic E-state index is 9.53. The van der Waals surface area contributed by atoms with Gasteiger partial charge in [0, 0.05) is 37.1 Å². The number of nitrogens with zero attached hydrogens (tertiary/aromatic N) is 2. The average molecular weight is 264 g/mol. The van der Waals surface area contributed by atoms with E-state index in [-0.39, 0.29) is 12.0 Å². The van der Waals surface area contributed by atoms with Crippen LogP contribution in [0.1, 0.15) is 49.6 Å². The van der Waals surface area contributed by atoms with Crippen LogP contribution in [0.3, 0.4) is 0 Å². The molecular formula is C15H24N2O2. The third kappa shape index (κ3) is 2.70. The second kappa shape index (κ2) is 5.25. The van der Waals surface area contributed by atoms with Gasteiger partial charge in [0.1, 0.15) is 11.5 Å². The zero-order valence-corrected chi connectivity index (χ0v) is 11.8. The van der Waals surface area contributed by atoms with E-state index >= 15 is 0 Å². The van der Waals surface area contributed by atoms with Crippen LogP contribution in [0.5, 0.6) is 0 Å². The van der Waals surface area contributed by atoms with Gasteiger partial charge in [0.2, 0.25) is 0 Å². The normalized spacial score (nSPS) is 28.3. The molecule has 0 spiro atoms. The van der Waals surface area contributed by atoms with E-state index in [0.29, 0.717) is 0 Å². The highest BCUT2D eigenvalue weighted by Crippen LogP contribution is 2.31. The SMILES string of the molecule is CC1(CO)CCCN(Cc2noc3c2CCCC3)C1. The van der Waals surface area contributed by atoms with Crippen LogP contribution in [0.15, 0.2) is 4.52 Å². The number of rotatable bonds is 3. The van der Waals surface area contributed by atoms with Gasteiger partial charge in [-0.3, -0.25) is 4.90 Å². The minimum Gasteiger partial charge on any atom is -0.396 e. The van der Waals surface area contributed by atoms with Crippen LogP contribution in [-0.4, -0.2) is 34.9 Å². The van der Waals surface area contributed by atoms with Crippen LogP contribution in [0, 0.1) is 5.41 Å². The summed E-state index contributed by atoms with van der Waals surface area (Å²) in [6, 6.07) is 0. The van der Waals surface area contributed by atoms with Gasteiger partial charge in [0.05, 0.1) is 0 Å². The quantitative estimate of drug-likeness (QED) is 0.909. The van der Waals surface area contributed by atoms with Crippen molar-refractivity contribution in [2.75, 3.05) is 19.7 Å². The van der Waals surface area contributed by atoms with Crippen LogP contribution >= 0.6 is 0 Å². The number of hydrogen-bond donors (Lipinski definition) is 1. The number of aryl methyl sites for hydroxylation is 1. The summed E-state index contributed by atoms with van der Waals surface area (Å²) >= 11 is 0. The Morgan fingerprint density at radius 2 is 2.16 bits per heavy atom. The Morgan fingerprint density at radius 3 is 3.00 bits per heavy atom. The lowest BCUT2D eigenvalue weighted by molar-refractivity contribution is 0.0418. The molecule has 4 nitrogen and oxygen atoms in total. The molecule has 0 radical (unpaired) electrons. The van der Waals surface area contributed by atoms with Gasteiger partial charge in [-0.1, -0.05) is 12.1 Å². The fraction of sp³-hybridized carbons (Fsp3) is 0.800. The summed E-state index contributed by atoms with van der Waals surface area (Å²) < 4.78 is 5.48. The largest absolute Gasteiger partial charge is 0.396 e. The van der Waals surface area contributed by atoms with E-state index < -0.39 is 0 Å². The molecule has 0 aromatic carbocycles. The van der Waals surface area contributed by atoms with Crippen molar-refractivity contribution in [2.24, 2.45) is 5.41 Å². The molecule has 19 heavy (non-hydrogen) atoms. The lowest BCUT2D eigenvalue weighted by Gasteiger charge is -2.39. The summed E-state index contributed by atoms with van der Waals surface area (Å²) in [6.45, 7) is 5.41. The second-order valence-corrected chi connectivity index (χ2v) is 6.52. The Bertz CT molecular complexity index is 443. The first kappa shape index (κ1) is 13.1. The van der Waals surface area contributed by atoms with Crippen LogP contribution in [0.25, 0.3) is 0 Å². The molecule has 3 rings (SSSR count). The molecule has 1 saturated heterocycles. The van der Waals surface area contributed by atoms with Crippen molar-refractivity contribution in [3.05, 3.63) is 17.0 Å². The van der Waals surface area contributed by atoms with Gasteiger partial charge < -0.3 is 9.63 Å². The lowest BCUT2D eigenvalue weighted by Crippen LogP contribution is -2.43. The van der Waals surface area contributed by atoms with Crippen molar-refractivity contribution >= 4 is 0 Å². The lowest BCUT2D eigenvalue weighted by atomic mass is 9.82. The first-order valence-corrected chi connectivity index (χ1v) is 7.50. The summed E-state index contributed by atoms with van der Waals surface area (Å²) in [5.74, 6) is 1.11. The van der Waals surface area contributed by atoms with Crippen molar-refractivity contribution < 1.29 is 9.63 Å². The predicted molar refractivity (Wildman–Crippen MR) is 72.8 cm³/mol. The van der Waals surface area contributed by atoms with Crippen LogP contribution in [0.4, 0.5) is 0 Å². The number of aliphatic hydroxyl groups excluding tert-OH is 1. The third-order valence-corrected chi connectivity index (χ3v) is 4.65. The summed E-state index contributed by atoms with van der Waals surface area (Å²) in [4.78, 5) is 2.42. The minimum absolute atomic E-state index is 0.0576. The number of fused-ring (bicyclic) bond motifs is 1. The molecule has 4 heteroatoms. The fourth-order valence-electron chi connectivity index (χ4n) is 3.48. The molecule has 0 saturated carbocycles. The zero-order valence-electron chi connectivity index (χ0n) is 11.8. The number of aliphatic hydroxyl groups is 1. The van der Waals surface area contributed by atoms with Crippen LogP contribution < -0.4 is 0 Å². The molecule has 1 aromatic rings. The standard InChI is InChI=1S/C15H24N2O2/c1-15(11-18)7-4-8-17(10-15)9-13-12-5-2-3-6-14(12)19-16-13/h18H,2-11H2,1H3. The smallest absolute Gasteiger partial charge is 0.140 e. The molecular weight excluding hydrogens is 240 g/mol. The highest BCUT2D eigenvalue weighted by atomic mass is 16.5. The van der Waals surface area contributed by atoms with E-state index in [1.807, 2.05) is 0 Å². The molecule has 2 aliphatic rings. The first-order chi connectivity index (χ1) is 9.20. The molecule has 0 amide bonds. The first-order valence-electron chi connectivity index (χ1n) is 7.50. The number of aromatic nitrogens is 1. The maximum Gasteiger partial charge on any atom is 0.140 e. The zero-order chi connectivity index (χ0) is 13.3. The molecule has 1 aromatic heterocycles. The maximum atomic E-state index is 9.53. The molecule has 1 fully saturated rings. The van der Waals surface area contributed by atoms with Gasteiger partial charge in [-0.15, -0.1) is 0 Å². The highest BCUT2D eigenvalue weighted by molar-refractivity contribution is 5.25. The summed E-state index contributed by atoms with van der Waals surface area (Å²) in [6.07, 6.45) is 6.95. The van der Waals surface area contributed by atoms with Crippen molar-refractivity contribution in [2.45, 2.75) is 52.0 Å². The summed E-state index contributed by atoms with van der Waals surface area (Å²) in [7, 11) is 0. The molecule has 1 aliphatic carbocycles. The van der Waals surface area contributed by atoms with Crippen LogP contribution in [0.2, 0.25) is 0 Å². The van der Waals surface area contributed by atoms with E-state index in [2.05, 4.69) is 17.0 Å². The summed E-state index contributed by atoms with van der Waals surface area (Å²) in [5, 5.41) is 13.8. The van der Waals surface area contributed by atoms with Crippen LogP contribution in [-0.2, 0) is 19.4 Å². The topological polar surface area (TPSA) is 49.5 Å². The molecule has 1 unspecified atom stereocenters. The average Bonchev–Trinajstić information content (AvgIpc) is 2.83. The van der Waals surface area contributed by atoms with E-state index in [0.717, 1.165) is 56.8 Å². The Kier molecular flexibility index (Phi) is 3.63. The predicted octanol–water partition coefficient (Wildman–Crippen LogP) is 2.15. The Balaban J connectivity index is 1.69. The summed E-state index contributed by atoms with van der Waals surface area (Å²) in [5.41, 5.74) is 2.56. The number of hydrogen-bond acceptors (Lipinski definition) is 4. The Morgan fingerprint density at radius 1 is 1.32 bits per heavy atom. The molecule has 106 valence electrons. The van der Waals surface area contributed by atoms with Gasteiger partial charge in [0.15, 0.2) is 0 Å². The molecule has 0 bridgehead atoms. The second-order valence-electron chi connectivity index (χ2n) is 6.52. The Hall–Kier alpha value is -0.870. The van der Waals surface area contributed by atoms with Crippen molar-refractivity contribution in [1.82, 2.24) is 10.1 Å². The van der Waals surface area contributed by atoms with Gasteiger partial charge >= 0.3 is 0 Å². The van der Waals surface area contributed by atoms with Crippen molar-refractivity contribution in [3.63, 3.8) is 0 Å². The number of likely N-dealkylation sites (tertiary alicyclic amines) is 1. The molecule has 1 N–H and O–H groups in total. The monoisotopic (exact) mass is 264 g/mol. The van der Waals surface area contributed by atoms with Crippen molar-refractivity contribution in [3.8, 4) is 0 Å². The minimum atomic E-state index is 0.0576. The van der Waals surface area contributed by atoms with Gasteiger partial charge in [-0.05, 0) is 38.6 Å². The molecule has 1 atom stereocenters. The third-order valence-electron chi connectivity index (χ3n) is 4.65. The molecule has 1 aliphatic heterocycles. The van der Waals surface area contributed by atoms with E-state index in [9.17, 15) is 5.11 Å². The molecule has 2 heterocycles. The Labute approximate surface area is 114 Å². The van der Waals surface area contributed by atoms with Crippen molar-refractivity contribution in [1.29, 1.82) is 0 Å². The van der Waals surface area contributed by atoms with E-state index in [1.54, 1.807) is 0 Å². The van der Waals surface area contributed by atoms with Gasteiger partial charge in [-0.25, -0.2) is 0 Å².